The number of hydrogen-bond acceptors (Lipinski definition) is 0. The normalized spacial score (nSPS) is 25.3. The van der Waals surface area contributed by atoms with E-state index < -0.39 is 0 Å². The van der Waals surface area contributed by atoms with Gasteiger partial charge in [-0.3, -0.25) is 0 Å². The zero-order valence-electron chi connectivity index (χ0n) is 12.6. The Labute approximate surface area is 117 Å². The van der Waals surface area contributed by atoms with E-state index in [2.05, 4.69) is 57.2 Å². The van der Waals surface area contributed by atoms with Gasteiger partial charge in [-0.2, -0.15) is 0 Å². The molecule has 0 bridgehead atoms. The SMILES string of the molecule is CC(C)(C)C1(C2C=Cc3ccccc32)CCCCC1. The van der Waals surface area contributed by atoms with E-state index in [0.29, 0.717) is 16.7 Å². The highest BCUT2D eigenvalue weighted by Crippen LogP contribution is 2.59. The first-order valence-corrected chi connectivity index (χ1v) is 7.82. The summed E-state index contributed by atoms with van der Waals surface area (Å²) in [7, 11) is 0. The molecule has 19 heavy (non-hydrogen) atoms. The summed E-state index contributed by atoms with van der Waals surface area (Å²) in [5, 5.41) is 0. The first kappa shape index (κ1) is 13.0. The molecule has 1 atom stereocenters. The Morgan fingerprint density at radius 1 is 1.00 bits per heavy atom. The second-order valence-electron chi connectivity index (χ2n) is 7.43. The highest BCUT2D eigenvalue weighted by Gasteiger charge is 2.48. The minimum Gasteiger partial charge on any atom is -0.0758 e. The average Bonchev–Trinajstić information content (AvgIpc) is 2.82. The summed E-state index contributed by atoms with van der Waals surface area (Å²) in [4.78, 5) is 0. The van der Waals surface area contributed by atoms with Crippen LogP contribution in [0.4, 0.5) is 0 Å². The van der Waals surface area contributed by atoms with Gasteiger partial charge in [-0.15, -0.1) is 0 Å². The van der Waals surface area contributed by atoms with Crippen molar-refractivity contribution >= 4 is 6.08 Å². The molecule has 1 aromatic carbocycles. The summed E-state index contributed by atoms with van der Waals surface area (Å²) >= 11 is 0. The minimum absolute atomic E-state index is 0.375. The maximum absolute atomic E-state index is 2.49. The molecule has 1 unspecified atom stereocenters. The van der Waals surface area contributed by atoms with Crippen LogP contribution in [0.25, 0.3) is 6.08 Å². The molecule has 0 nitrogen and oxygen atoms in total. The quantitative estimate of drug-likeness (QED) is 0.594. The molecule has 1 aromatic rings. The third-order valence-corrected chi connectivity index (χ3v) is 5.63. The zero-order chi connectivity index (χ0) is 13.5. The van der Waals surface area contributed by atoms with Crippen LogP contribution >= 0.6 is 0 Å². The second kappa shape index (κ2) is 4.51. The fourth-order valence-corrected chi connectivity index (χ4v) is 4.44. The molecule has 2 aliphatic rings. The molecule has 0 radical (unpaired) electrons. The smallest absolute Gasteiger partial charge is 0.00887 e. The van der Waals surface area contributed by atoms with Gasteiger partial charge in [0, 0.05) is 5.92 Å². The molecule has 0 spiro atoms. The van der Waals surface area contributed by atoms with Crippen LogP contribution in [0, 0.1) is 10.8 Å². The Morgan fingerprint density at radius 3 is 2.37 bits per heavy atom. The van der Waals surface area contributed by atoms with E-state index in [4.69, 9.17) is 0 Å². The summed E-state index contributed by atoms with van der Waals surface area (Å²) in [6, 6.07) is 8.99. The third kappa shape index (κ3) is 1.96. The molecule has 0 aromatic heterocycles. The molecule has 0 aliphatic heterocycles. The molecule has 1 fully saturated rings. The van der Waals surface area contributed by atoms with Gasteiger partial charge in [-0.1, -0.05) is 76.5 Å². The van der Waals surface area contributed by atoms with Crippen LogP contribution in [-0.4, -0.2) is 0 Å². The average molecular weight is 254 g/mol. The molecule has 0 saturated heterocycles. The van der Waals surface area contributed by atoms with Crippen LogP contribution in [0.2, 0.25) is 0 Å². The molecule has 0 N–H and O–H groups in total. The highest BCUT2D eigenvalue weighted by atomic mass is 14.5. The van der Waals surface area contributed by atoms with Crippen LogP contribution in [0.3, 0.4) is 0 Å². The molecule has 3 rings (SSSR count). The maximum atomic E-state index is 2.49. The van der Waals surface area contributed by atoms with Gasteiger partial charge in [0.05, 0.1) is 0 Å². The van der Waals surface area contributed by atoms with Crippen LogP contribution in [0.1, 0.15) is 69.9 Å². The number of benzene rings is 1. The Kier molecular flexibility index (Phi) is 3.08. The lowest BCUT2D eigenvalue weighted by molar-refractivity contribution is 0.0244. The van der Waals surface area contributed by atoms with Gasteiger partial charge in [-0.25, -0.2) is 0 Å². The summed E-state index contributed by atoms with van der Waals surface area (Å²) < 4.78 is 0. The van der Waals surface area contributed by atoms with Crippen LogP contribution in [-0.2, 0) is 0 Å². The number of hydrogen-bond donors (Lipinski definition) is 0. The van der Waals surface area contributed by atoms with E-state index in [0.717, 1.165) is 0 Å². The van der Waals surface area contributed by atoms with Crippen molar-refractivity contribution in [2.75, 3.05) is 0 Å². The molecular weight excluding hydrogens is 228 g/mol. The number of fused-ring (bicyclic) bond motifs is 1. The van der Waals surface area contributed by atoms with Gasteiger partial charge >= 0.3 is 0 Å². The van der Waals surface area contributed by atoms with E-state index >= 15 is 0 Å². The van der Waals surface area contributed by atoms with Gasteiger partial charge in [0.2, 0.25) is 0 Å². The Hall–Kier alpha value is -1.04. The molecule has 0 heteroatoms. The maximum Gasteiger partial charge on any atom is 0.00887 e. The van der Waals surface area contributed by atoms with E-state index in [1.165, 1.54) is 37.7 Å². The van der Waals surface area contributed by atoms with E-state index in [1.54, 1.807) is 5.56 Å². The van der Waals surface area contributed by atoms with Crippen molar-refractivity contribution in [3.8, 4) is 0 Å². The van der Waals surface area contributed by atoms with Crippen LogP contribution < -0.4 is 0 Å². The highest BCUT2D eigenvalue weighted by molar-refractivity contribution is 5.63. The summed E-state index contributed by atoms with van der Waals surface area (Å²) in [5.74, 6) is 0.629. The number of rotatable bonds is 1. The summed E-state index contributed by atoms with van der Waals surface area (Å²) in [6.45, 7) is 7.35. The third-order valence-electron chi connectivity index (χ3n) is 5.63. The Morgan fingerprint density at radius 2 is 1.68 bits per heavy atom. The first-order valence-electron chi connectivity index (χ1n) is 7.82. The molecule has 0 amide bonds. The van der Waals surface area contributed by atoms with E-state index in [-0.39, 0.29) is 0 Å². The molecule has 102 valence electrons. The van der Waals surface area contributed by atoms with Crippen LogP contribution in [0.5, 0.6) is 0 Å². The first-order chi connectivity index (χ1) is 9.05. The van der Waals surface area contributed by atoms with E-state index in [1.807, 2.05) is 0 Å². The zero-order valence-corrected chi connectivity index (χ0v) is 12.6. The second-order valence-corrected chi connectivity index (χ2v) is 7.43. The van der Waals surface area contributed by atoms with Crippen molar-refractivity contribution in [3.05, 3.63) is 41.5 Å². The van der Waals surface area contributed by atoms with Crippen molar-refractivity contribution in [1.29, 1.82) is 0 Å². The minimum atomic E-state index is 0.375. The monoisotopic (exact) mass is 254 g/mol. The Bertz CT molecular complexity index is 481. The van der Waals surface area contributed by atoms with E-state index in [9.17, 15) is 0 Å². The standard InChI is InChI=1S/C19H26/c1-18(2,3)19(13-7-4-8-14-19)17-12-11-15-9-5-6-10-16(15)17/h5-6,9-12,17H,4,7-8,13-14H2,1-3H3. The fraction of sp³-hybridized carbons (Fsp3) is 0.579. The molecule has 2 aliphatic carbocycles. The van der Waals surface area contributed by atoms with Gasteiger partial charge in [0.15, 0.2) is 0 Å². The van der Waals surface area contributed by atoms with Crippen molar-refractivity contribution in [1.82, 2.24) is 0 Å². The molecular formula is C19H26. The van der Waals surface area contributed by atoms with Gasteiger partial charge < -0.3 is 0 Å². The summed E-state index contributed by atoms with van der Waals surface area (Å²) in [5.41, 5.74) is 3.84. The predicted octanol–water partition coefficient (Wildman–Crippen LogP) is 5.79. The number of allylic oxidation sites excluding steroid dienone is 1. The predicted molar refractivity (Wildman–Crippen MR) is 83.2 cm³/mol. The fourth-order valence-electron chi connectivity index (χ4n) is 4.44. The lowest BCUT2D eigenvalue weighted by Gasteiger charge is -2.51. The van der Waals surface area contributed by atoms with Gasteiger partial charge in [0.1, 0.15) is 0 Å². The molecule has 0 heterocycles. The van der Waals surface area contributed by atoms with Crippen molar-refractivity contribution in [2.45, 2.75) is 58.8 Å². The van der Waals surface area contributed by atoms with Crippen LogP contribution in [0.15, 0.2) is 30.3 Å². The Balaban J connectivity index is 2.05. The van der Waals surface area contributed by atoms with Crippen molar-refractivity contribution < 1.29 is 0 Å². The molecule has 1 saturated carbocycles. The topological polar surface area (TPSA) is 0 Å². The lowest BCUT2D eigenvalue weighted by atomic mass is 9.53. The lowest BCUT2D eigenvalue weighted by Crippen LogP contribution is -2.42. The van der Waals surface area contributed by atoms with Crippen molar-refractivity contribution in [2.24, 2.45) is 10.8 Å². The summed E-state index contributed by atoms with van der Waals surface area (Å²) in [6.07, 6.45) is 11.9. The largest absolute Gasteiger partial charge is 0.0758 e. The van der Waals surface area contributed by atoms with Gasteiger partial charge in [0.25, 0.3) is 0 Å². The van der Waals surface area contributed by atoms with Gasteiger partial charge in [-0.05, 0) is 34.8 Å². The van der Waals surface area contributed by atoms with Crippen molar-refractivity contribution in [3.63, 3.8) is 0 Å².